The Morgan fingerprint density at radius 2 is 1.97 bits per heavy atom. The lowest BCUT2D eigenvalue weighted by atomic mass is 9.97. The van der Waals surface area contributed by atoms with E-state index in [9.17, 15) is 14.0 Å². The number of nitrogens with one attached hydrogen (secondary N) is 2. The van der Waals surface area contributed by atoms with Crippen molar-refractivity contribution in [3.05, 3.63) is 83.8 Å². The van der Waals surface area contributed by atoms with Crippen molar-refractivity contribution in [2.75, 3.05) is 19.0 Å². The van der Waals surface area contributed by atoms with Crippen molar-refractivity contribution < 1.29 is 23.5 Å². The van der Waals surface area contributed by atoms with Gasteiger partial charge in [-0.25, -0.2) is 4.39 Å². The van der Waals surface area contributed by atoms with Gasteiger partial charge in [-0.15, -0.1) is 0 Å². The van der Waals surface area contributed by atoms with E-state index in [0.717, 1.165) is 17.3 Å². The highest BCUT2D eigenvalue weighted by Gasteiger charge is 2.26. The highest BCUT2D eigenvalue weighted by molar-refractivity contribution is 6.12. The fraction of sp³-hybridized carbons (Fsp3) is 0.200. The number of halogens is 1. The number of methoxy groups -OCH3 is 1. The molecule has 0 fully saturated rings. The molecular weight excluding hydrogens is 439 g/mol. The average Bonchev–Trinajstić information content (AvgIpc) is 3.27. The van der Waals surface area contributed by atoms with E-state index >= 15 is 0 Å². The first-order valence-electron chi connectivity index (χ1n) is 10.6. The number of ketones is 1. The molecule has 4 aromatic rings. The van der Waals surface area contributed by atoms with Crippen LogP contribution in [-0.2, 0) is 16.0 Å². The topological polar surface area (TPSA) is 106 Å². The van der Waals surface area contributed by atoms with E-state index in [4.69, 9.17) is 9.47 Å². The van der Waals surface area contributed by atoms with Crippen LogP contribution in [0.1, 0.15) is 34.5 Å². The molecule has 0 aliphatic rings. The summed E-state index contributed by atoms with van der Waals surface area (Å²) in [5.41, 5.74) is 3.02. The number of benzene rings is 1. The Hall–Kier alpha value is -4.27. The van der Waals surface area contributed by atoms with Crippen LogP contribution in [0.3, 0.4) is 0 Å². The first-order chi connectivity index (χ1) is 16.5. The molecule has 4 rings (SSSR count). The molecule has 1 atom stereocenters. The van der Waals surface area contributed by atoms with Gasteiger partial charge in [-0.05, 0) is 11.6 Å². The molecule has 9 heteroatoms. The molecule has 1 aromatic carbocycles. The number of aromatic nitrogens is 3. The number of para-hydroxylation sites is 1. The summed E-state index contributed by atoms with van der Waals surface area (Å²) in [7, 11) is 1.52. The van der Waals surface area contributed by atoms with Gasteiger partial charge in [-0.3, -0.25) is 19.6 Å². The maximum absolute atomic E-state index is 14.0. The minimum atomic E-state index is -0.930. The monoisotopic (exact) mass is 462 g/mol. The van der Waals surface area contributed by atoms with Gasteiger partial charge in [-0.1, -0.05) is 18.2 Å². The second-order valence-electron chi connectivity index (χ2n) is 7.62. The molecule has 0 radical (unpaired) electrons. The van der Waals surface area contributed by atoms with Gasteiger partial charge in [0.25, 0.3) is 0 Å². The normalized spacial score (nSPS) is 11.7. The number of carbonyl (C=O) groups is 2. The van der Waals surface area contributed by atoms with Crippen molar-refractivity contribution in [2.45, 2.75) is 19.4 Å². The summed E-state index contributed by atoms with van der Waals surface area (Å²) in [4.78, 5) is 36.0. The van der Waals surface area contributed by atoms with E-state index in [2.05, 4.69) is 20.3 Å². The third kappa shape index (κ3) is 5.03. The average molecular weight is 462 g/mol. The van der Waals surface area contributed by atoms with Crippen LogP contribution in [-0.4, -0.2) is 40.4 Å². The molecule has 0 saturated heterocycles. The van der Waals surface area contributed by atoms with Gasteiger partial charge in [0.05, 0.1) is 38.0 Å². The van der Waals surface area contributed by atoms with Crippen LogP contribution in [0.4, 0.5) is 10.1 Å². The summed E-state index contributed by atoms with van der Waals surface area (Å²) in [6.07, 6.45) is 7.76. The highest BCUT2D eigenvalue weighted by Crippen LogP contribution is 2.30. The van der Waals surface area contributed by atoms with Crippen molar-refractivity contribution >= 4 is 28.3 Å². The van der Waals surface area contributed by atoms with Gasteiger partial charge in [0.15, 0.2) is 5.78 Å². The summed E-state index contributed by atoms with van der Waals surface area (Å²) in [5, 5.41) is 3.85. The Balaban J connectivity index is 1.70. The Morgan fingerprint density at radius 1 is 1.15 bits per heavy atom. The molecular formula is C25H23FN4O4. The zero-order valence-corrected chi connectivity index (χ0v) is 18.7. The van der Waals surface area contributed by atoms with Crippen molar-refractivity contribution in [1.29, 1.82) is 0 Å². The Bertz CT molecular complexity index is 1340. The molecule has 1 unspecified atom stereocenters. The number of rotatable bonds is 9. The zero-order chi connectivity index (χ0) is 24.1. The number of H-pyrrole nitrogens is 1. The minimum absolute atomic E-state index is 0.235. The Morgan fingerprint density at radius 3 is 2.74 bits per heavy atom. The predicted octanol–water partition coefficient (Wildman–Crippen LogP) is 4.25. The molecule has 0 saturated carbocycles. The molecule has 8 nitrogen and oxygen atoms in total. The fourth-order valence-electron chi connectivity index (χ4n) is 3.75. The second-order valence-corrected chi connectivity index (χ2v) is 7.62. The zero-order valence-electron chi connectivity index (χ0n) is 18.7. The lowest BCUT2D eigenvalue weighted by molar-refractivity contribution is -0.140. The van der Waals surface area contributed by atoms with E-state index in [1.807, 2.05) is 18.2 Å². The number of ether oxygens (including phenoxy) is 2. The van der Waals surface area contributed by atoms with Crippen LogP contribution < -0.4 is 10.1 Å². The molecule has 3 heterocycles. The van der Waals surface area contributed by atoms with Gasteiger partial charge in [0, 0.05) is 53.8 Å². The number of hydrogen-bond donors (Lipinski definition) is 2. The third-order valence-corrected chi connectivity index (χ3v) is 5.33. The predicted molar refractivity (Wildman–Crippen MR) is 124 cm³/mol. The number of carbonyl (C=O) groups excluding carboxylic acids is 2. The maximum Gasteiger partial charge on any atom is 0.302 e. The Labute approximate surface area is 195 Å². The number of aromatic amines is 1. The summed E-state index contributed by atoms with van der Waals surface area (Å²) in [5.74, 6) is -0.664. The van der Waals surface area contributed by atoms with Crippen LogP contribution in [0.15, 0.2) is 61.3 Å². The van der Waals surface area contributed by atoms with Crippen molar-refractivity contribution in [2.24, 2.45) is 0 Å². The van der Waals surface area contributed by atoms with E-state index in [1.54, 1.807) is 24.7 Å². The smallest absolute Gasteiger partial charge is 0.302 e. The molecule has 0 aliphatic carbocycles. The molecule has 0 aliphatic heterocycles. The summed E-state index contributed by atoms with van der Waals surface area (Å²) >= 11 is 0. The Kier molecular flexibility index (Phi) is 6.82. The molecule has 174 valence electrons. The van der Waals surface area contributed by atoms with Gasteiger partial charge < -0.3 is 19.8 Å². The maximum atomic E-state index is 14.0. The number of pyridine rings is 2. The lowest BCUT2D eigenvalue weighted by Gasteiger charge is -2.19. The van der Waals surface area contributed by atoms with E-state index < -0.39 is 11.9 Å². The number of Topliss-reactive ketones (excluding diaryl/α,β-unsaturated/α-hetero) is 1. The van der Waals surface area contributed by atoms with E-state index in [0.29, 0.717) is 34.4 Å². The SMILES string of the molecule is COc1cncc(NC(C(=O)c2c[nH]c3c(CCOC(C)=O)cccc23)c2cncc(F)c2)c1. The molecule has 34 heavy (non-hydrogen) atoms. The number of esters is 1. The van der Waals surface area contributed by atoms with Crippen LogP contribution in [0.2, 0.25) is 0 Å². The van der Waals surface area contributed by atoms with Crippen LogP contribution in [0.25, 0.3) is 10.9 Å². The molecule has 0 spiro atoms. The fourth-order valence-corrected chi connectivity index (χ4v) is 3.75. The number of fused-ring (bicyclic) bond motifs is 1. The minimum Gasteiger partial charge on any atom is -0.495 e. The molecule has 0 amide bonds. The van der Waals surface area contributed by atoms with Gasteiger partial charge >= 0.3 is 5.97 Å². The van der Waals surface area contributed by atoms with Crippen LogP contribution in [0, 0.1) is 5.82 Å². The third-order valence-electron chi connectivity index (χ3n) is 5.33. The lowest BCUT2D eigenvalue weighted by Crippen LogP contribution is -2.21. The molecule has 2 N–H and O–H groups in total. The first-order valence-corrected chi connectivity index (χ1v) is 10.6. The van der Waals surface area contributed by atoms with Crippen molar-refractivity contribution in [3.8, 4) is 5.75 Å². The second kappa shape index (κ2) is 10.1. The van der Waals surface area contributed by atoms with E-state index in [1.165, 1.54) is 26.3 Å². The van der Waals surface area contributed by atoms with Gasteiger partial charge in [0.1, 0.15) is 17.6 Å². The summed E-state index contributed by atoms with van der Waals surface area (Å²) < 4.78 is 24.3. The van der Waals surface area contributed by atoms with Gasteiger partial charge in [0.2, 0.25) is 0 Å². The summed E-state index contributed by atoms with van der Waals surface area (Å²) in [6, 6.07) is 7.62. The van der Waals surface area contributed by atoms with E-state index in [-0.39, 0.29) is 18.4 Å². The number of nitrogens with zero attached hydrogens (tertiary/aromatic N) is 2. The van der Waals surface area contributed by atoms with Gasteiger partial charge in [-0.2, -0.15) is 0 Å². The first kappa shape index (κ1) is 22.9. The summed E-state index contributed by atoms with van der Waals surface area (Å²) in [6.45, 7) is 1.59. The standard InChI is InChI=1S/C25H23FN4O4/c1-15(31)34-7-6-16-4-3-5-21-22(14-29-23(16)21)25(32)24(17-8-18(26)11-27-10-17)30-19-9-20(33-2)13-28-12-19/h3-5,8-14,24,29-30H,6-7H2,1-2H3. The van der Waals surface area contributed by atoms with Crippen LogP contribution in [0.5, 0.6) is 5.75 Å². The van der Waals surface area contributed by atoms with Crippen molar-refractivity contribution in [1.82, 2.24) is 15.0 Å². The molecule has 0 bridgehead atoms. The highest BCUT2D eigenvalue weighted by atomic mass is 19.1. The number of hydrogen-bond acceptors (Lipinski definition) is 7. The largest absolute Gasteiger partial charge is 0.495 e. The van der Waals surface area contributed by atoms with Crippen molar-refractivity contribution in [3.63, 3.8) is 0 Å². The quantitative estimate of drug-likeness (QED) is 0.283. The molecule has 3 aromatic heterocycles. The van der Waals surface area contributed by atoms with Crippen LogP contribution >= 0.6 is 0 Å². The number of anilines is 1.